The number of nitrogens with zero attached hydrogens (tertiary/aromatic N) is 2. The summed E-state index contributed by atoms with van der Waals surface area (Å²) in [6, 6.07) is 4.49. The number of benzene rings is 1. The minimum absolute atomic E-state index is 0.0482. The van der Waals surface area contributed by atoms with E-state index in [-0.39, 0.29) is 35.1 Å². The van der Waals surface area contributed by atoms with E-state index < -0.39 is 17.7 Å². The number of rotatable bonds is 4. The van der Waals surface area contributed by atoms with Crippen LogP contribution in [0.4, 0.5) is 18.9 Å². The van der Waals surface area contributed by atoms with Gasteiger partial charge >= 0.3 is 12.1 Å². The Morgan fingerprint density at radius 1 is 1.23 bits per heavy atom. The summed E-state index contributed by atoms with van der Waals surface area (Å²) in [5.41, 5.74) is -0.787. The largest absolute Gasteiger partial charge is 0.416 e. The van der Waals surface area contributed by atoms with Crippen molar-refractivity contribution in [3.63, 3.8) is 0 Å². The number of aryl methyl sites for hydroxylation is 1. The van der Waals surface area contributed by atoms with Gasteiger partial charge in [-0.3, -0.25) is 9.59 Å². The van der Waals surface area contributed by atoms with Crippen molar-refractivity contribution < 1.29 is 27.5 Å². The molecule has 9 heteroatoms. The van der Waals surface area contributed by atoms with E-state index >= 15 is 0 Å². The number of thiazole rings is 1. The van der Waals surface area contributed by atoms with Crippen LogP contribution in [0.1, 0.15) is 41.9 Å². The standard InChI is InChI=1S/C17H17F3N2O3S/c1-4-13(23)22-15(25-14(24)5-2)10(3)26-16(22)21-12-8-6-7-11(9-12)17(18,19)20/h6-9H,4-5H2,1-3H3. The number of carbonyl (C=O) groups excluding carboxylic acids is 2. The van der Waals surface area contributed by atoms with Crippen LogP contribution >= 0.6 is 11.3 Å². The normalized spacial score (nSPS) is 12.3. The summed E-state index contributed by atoms with van der Waals surface area (Å²) in [7, 11) is 0. The summed E-state index contributed by atoms with van der Waals surface area (Å²) in [5, 5.41) is 0. The Kier molecular flexibility index (Phi) is 6.01. The molecule has 0 aliphatic rings. The molecule has 0 aliphatic heterocycles. The van der Waals surface area contributed by atoms with Gasteiger partial charge in [0.25, 0.3) is 0 Å². The quantitative estimate of drug-likeness (QED) is 0.728. The molecule has 0 radical (unpaired) electrons. The summed E-state index contributed by atoms with van der Waals surface area (Å²) in [4.78, 5) is 28.8. The molecule has 2 aromatic rings. The molecule has 26 heavy (non-hydrogen) atoms. The third-order valence-electron chi connectivity index (χ3n) is 3.39. The molecule has 140 valence electrons. The second-order valence-corrected chi connectivity index (χ2v) is 6.50. The fraction of sp³-hybridized carbons (Fsp3) is 0.353. The van der Waals surface area contributed by atoms with Gasteiger partial charge < -0.3 is 4.74 Å². The third-order valence-corrected chi connectivity index (χ3v) is 4.33. The zero-order chi connectivity index (χ0) is 19.5. The van der Waals surface area contributed by atoms with Gasteiger partial charge in [-0.2, -0.15) is 13.2 Å². The highest BCUT2D eigenvalue weighted by atomic mass is 32.1. The predicted octanol–water partition coefficient (Wildman–Crippen LogP) is 4.47. The molecule has 2 rings (SSSR count). The molecule has 0 amide bonds. The lowest BCUT2D eigenvalue weighted by atomic mass is 10.2. The number of carbonyl (C=O) groups is 2. The second kappa shape index (κ2) is 7.86. The van der Waals surface area contributed by atoms with Crippen molar-refractivity contribution in [2.45, 2.75) is 39.8 Å². The van der Waals surface area contributed by atoms with Crippen LogP contribution in [-0.4, -0.2) is 16.4 Å². The molecule has 1 heterocycles. The van der Waals surface area contributed by atoms with Gasteiger partial charge in [0.2, 0.25) is 11.8 Å². The van der Waals surface area contributed by atoms with Gasteiger partial charge in [0.1, 0.15) is 0 Å². The SMILES string of the molecule is CCC(=O)Oc1c(C)sc(=Nc2cccc(C(F)(F)F)c2)n1C(=O)CC. The molecule has 0 saturated carbocycles. The first-order valence-electron chi connectivity index (χ1n) is 7.85. The van der Waals surface area contributed by atoms with E-state index in [4.69, 9.17) is 4.74 Å². The summed E-state index contributed by atoms with van der Waals surface area (Å²) in [5.74, 6) is -0.840. The molecular weight excluding hydrogens is 369 g/mol. The lowest BCUT2D eigenvalue weighted by molar-refractivity contribution is -0.137. The van der Waals surface area contributed by atoms with Gasteiger partial charge in [-0.25, -0.2) is 9.56 Å². The molecule has 0 spiro atoms. The second-order valence-electron chi connectivity index (χ2n) is 5.32. The number of aromatic nitrogens is 1. The number of hydrogen-bond donors (Lipinski definition) is 0. The lowest BCUT2D eigenvalue weighted by Crippen LogP contribution is -2.24. The Morgan fingerprint density at radius 2 is 1.92 bits per heavy atom. The lowest BCUT2D eigenvalue weighted by Gasteiger charge is -2.08. The van der Waals surface area contributed by atoms with E-state index in [1.54, 1.807) is 20.8 Å². The van der Waals surface area contributed by atoms with Gasteiger partial charge in [-0.05, 0) is 25.1 Å². The molecule has 1 aromatic carbocycles. The summed E-state index contributed by atoms with van der Waals surface area (Å²) < 4.78 is 44.9. The van der Waals surface area contributed by atoms with E-state index in [9.17, 15) is 22.8 Å². The van der Waals surface area contributed by atoms with Crippen molar-refractivity contribution >= 4 is 28.9 Å². The number of hydrogen-bond acceptors (Lipinski definition) is 5. The maximum absolute atomic E-state index is 12.9. The number of halogens is 3. The smallest absolute Gasteiger partial charge is 0.408 e. The van der Waals surface area contributed by atoms with Crippen molar-refractivity contribution in [2.24, 2.45) is 4.99 Å². The molecule has 5 nitrogen and oxygen atoms in total. The topological polar surface area (TPSA) is 60.7 Å². The van der Waals surface area contributed by atoms with Gasteiger partial charge in [0.15, 0.2) is 4.80 Å². The molecule has 0 atom stereocenters. The van der Waals surface area contributed by atoms with Crippen LogP contribution in [0.25, 0.3) is 0 Å². The molecule has 0 aliphatic carbocycles. The fourth-order valence-corrected chi connectivity index (χ4v) is 3.00. The predicted molar refractivity (Wildman–Crippen MR) is 90.6 cm³/mol. The number of esters is 1. The van der Waals surface area contributed by atoms with Crippen molar-refractivity contribution in [2.75, 3.05) is 0 Å². The van der Waals surface area contributed by atoms with Crippen molar-refractivity contribution in [3.05, 3.63) is 39.5 Å². The average Bonchev–Trinajstić information content (AvgIpc) is 2.88. The van der Waals surface area contributed by atoms with E-state index in [1.807, 2.05) is 0 Å². The maximum atomic E-state index is 12.9. The molecular formula is C17H17F3N2O3S. The Balaban J connectivity index is 2.62. The maximum Gasteiger partial charge on any atom is 0.416 e. The average molecular weight is 386 g/mol. The van der Waals surface area contributed by atoms with E-state index in [0.29, 0.717) is 4.88 Å². The van der Waals surface area contributed by atoms with Crippen LogP contribution in [0.5, 0.6) is 5.88 Å². The molecule has 0 saturated heterocycles. The van der Waals surface area contributed by atoms with E-state index in [0.717, 1.165) is 28.0 Å². The first-order chi connectivity index (χ1) is 12.2. The van der Waals surface area contributed by atoms with Crippen molar-refractivity contribution in [1.82, 2.24) is 4.57 Å². The van der Waals surface area contributed by atoms with Gasteiger partial charge in [0.05, 0.1) is 16.1 Å². The highest BCUT2D eigenvalue weighted by Crippen LogP contribution is 2.31. The van der Waals surface area contributed by atoms with E-state index in [2.05, 4.69) is 4.99 Å². The van der Waals surface area contributed by atoms with Crippen molar-refractivity contribution in [1.29, 1.82) is 0 Å². The minimum atomic E-state index is -4.49. The molecule has 0 fully saturated rings. The summed E-state index contributed by atoms with van der Waals surface area (Å²) >= 11 is 1.06. The number of alkyl halides is 3. The van der Waals surface area contributed by atoms with E-state index in [1.165, 1.54) is 12.1 Å². The van der Waals surface area contributed by atoms with Crippen LogP contribution in [0, 0.1) is 6.92 Å². The Bertz CT molecular complexity index is 897. The van der Waals surface area contributed by atoms with Gasteiger partial charge in [-0.15, -0.1) is 0 Å². The highest BCUT2D eigenvalue weighted by Gasteiger charge is 2.30. The fourth-order valence-electron chi connectivity index (χ4n) is 2.08. The summed E-state index contributed by atoms with van der Waals surface area (Å²) in [6.45, 7) is 4.89. The Labute approximate surface area is 151 Å². The monoisotopic (exact) mass is 386 g/mol. The Morgan fingerprint density at radius 3 is 2.50 bits per heavy atom. The van der Waals surface area contributed by atoms with Crippen LogP contribution in [0.15, 0.2) is 29.3 Å². The molecule has 0 N–H and O–H groups in total. The minimum Gasteiger partial charge on any atom is -0.408 e. The third kappa shape index (κ3) is 4.40. The zero-order valence-corrected chi connectivity index (χ0v) is 15.2. The Hall–Kier alpha value is -2.42. The van der Waals surface area contributed by atoms with Crippen LogP contribution in [-0.2, 0) is 11.0 Å². The van der Waals surface area contributed by atoms with Crippen LogP contribution < -0.4 is 9.54 Å². The van der Waals surface area contributed by atoms with Crippen LogP contribution in [0.2, 0.25) is 0 Å². The van der Waals surface area contributed by atoms with Gasteiger partial charge in [0, 0.05) is 12.8 Å². The first kappa shape index (κ1) is 19.9. The zero-order valence-electron chi connectivity index (χ0n) is 14.4. The summed E-state index contributed by atoms with van der Waals surface area (Å²) in [6.07, 6.45) is -4.26. The molecule has 0 unspecified atom stereocenters. The highest BCUT2D eigenvalue weighted by molar-refractivity contribution is 7.09. The van der Waals surface area contributed by atoms with Crippen molar-refractivity contribution in [3.8, 4) is 5.88 Å². The van der Waals surface area contributed by atoms with Crippen LogP contribution in [0.3, 0.4) is 0 Å². The van der Waals surface area contributed by atoms with Gasteiger partial charge in [-0.1, -0.05) is 31.3 Å². The molecule has 1 aromatic heterocycles. The number of ether oxygens (including phenoxy) is 1. The first-order valence-corrected chi connectivity index (χ1v) is 8.67. The molecule has 0 bridgehead atoms.